The Bertz CT molecular complexity index is 1090. The number of carbonyl (C=O) groups is 2. The Morgan fingerprint density at radius 1 is 1.03 bits per heavy atom. The van der Waals surface area contributed by atoms with Crippen LogP contribution in [-0.2, 0) is 4.74 Å². The summed E-state index contributed by atoms with van der Waals surface area (Å²) in [5.41, 5.74) is 4.78. The van der Waals surface area contributed by atoms with E-state index >= 15 is 0 Å². The lowest BCUT2D eigenvalue weighted by Gasteiger charge is -2.22. The van der Waals surface area contributed by atoms with Gasteiger partial charge in [0.1, 0.15) is 16.7 Å². The Balaban J connectivity index is 1.65. The van der Waals surface area contributed by atoms with Crippen molar-refractivity contribution in [3.05, 3.63) is 70.4 Å². The van der Waals surface area contributed by atoms with Crippen LogP contribution in [0.25, 0.3) is 11.1 Å². The number of ether oxygens (including phenoxy) is 1. The van der Waals surface area contributed by atoms with E-state index in [-0.39, 0.29) is 18.0 Å². The number of thiophene rings is 1. The number of benzene rings is 1. The van der Waals surface area contributed by atoms with Crippen molar-refractivity contribution in [1.29, 1.82) is 0 Å². The molecule has 6 heteroatoms. The fraction of sp³-hybridized carbons (Fsp3) is 0.320. The molecule has 5 nitrogen and oxygen atoms in total. The number of hydrogen-bond donors (Lipinski definition) is 1. The van der Waals surface area contributed by atoms with E-state index in [1.165, 1.54) is 17.8 Å². The molecule has 4 rings (SSSR count). The Morgan fingerprint density at radius 3 is 2.48 bits per heavy atom. The highest BCUT2D eigenvalue weighted by Gasteiger charge is 2.26. The van der Waals surface area contributed by atoms with Crippen LogP contribution in [-0.4, -0.2) is 23.0 Å². The highest BCUT2D eigenvalue weighted by Crippen LogP contribution is 2.37. The van der Waals surface area contributed by atoms with E-state index in [1.54, 1.807) is 18.5 Å². The number of anilines is 1. The Hall–Kier alpha value is -2.99. The summed E-state index contributed by atoms with van der Waals surface area (Å²) in [6, 6.07) is 9.30. The second-order valence-electron chi connectivity index (χ2n) is 8.01. The third-order valence-electron chi connectivity index (χ3n) is 5.81. The van der Waals surface area contributed by atoms with Gasteiger partial charge in [0.15, 0.2) is 0 Å². The molecule has 1 fully saturated rings. The summed E-state index contributed by atoms with van der Waals surface area (Å²) >= 11 is 1.34. The maximum Gasteiger partial charge on any atom is 0.342 e. The zero-order valence-corrected chi connectivity index (χ0v) is 18.6. The molecule has 1 aliphatic rings. The lowest BCUT2D eigenvalue weighted by Crippen LogP contribution is -2.22. The molecule has 0 spiro atoms. The van der Waals surface area contributed by atoms with Crippen LogP contribution in [0.2, 0.25) is 0 Å². The van der Waals surface area contributed by atoms with Gasteiger partial charge in [0.25, 0.3) is 5.91 Å². The van der Waals surface area contributed by atoms with Gasteiger partial charge in [0.2, 0.25) is 0 Å². The van der Waals surface area contributed by atoms with Gasteiger partial charge in [-0.05, 0) is 80.5 Å². The summed E-state index contributed by atoms with van der Waals surface area (Å²) in [5, 5.41) is 5.35. The number of carbonyl (C=O) groups excluding carboxylic acids is 2. The van der Waals surface area contributed by atoms with Crippen LogP contribution in [0.4, 0.5) is 5.00 Å². The van der Waals surface area contributed by atoms with Crippen molar-refractivity contribution in [2.24, 2.45) is 0 Å². The maximum atomic E-state index is 13.2. The molecular formula is C25H26N2O3S. The fourth-order valence-corrected chi connectivity index (χ4v) is 4.80. The van der Waals surface area contributed by atoms with E-state index in [0.717, 1.165) is 47.9 Å². The Labute approximate surface area is 186 Å². The number of aromatic nitrogens is 1. The number of pyridine rings is 1. The standard InChI is InChI=1S/C25H26N2O3S/c1-16-8-9-19(14-17(16)2)23(28)27-24-22(25(29)30-20-6-4-3-5-7-20)21(15-31-24)18-10-12-26-13-11-18/h8-15,20H,3-7H2,1-2H3,(H,27,28). The van der Waals surface area contributed by atoms with Gasteiger partial charge in [0.05, 0.1) is 0 Å². The van der Waals surface area contributed by atoms with Crippen LogP contribution in [0, 0.1) is 13.8 Å². The van der Waals surface area contributed by atoms with Crippen molar-refractivity contribution < 1.29 is 14.3 Å². The molecule has 1 saturated carbocycles. The first-order chi connectivity index (χ1) is 15.0. The smallest absolute Gasteiger partial charge is 0.342 e. The minimum atomic E-state index is -0.379. The molecule has 160 valence electrons. The summed E-state index contributed by atoms with van der Waals surface area (Å²) < 4.78 is 5.86. The Kier molecular flexibility index (Phi) is 6.47. The van der Waals surface area contributed by atoms with Gasteiger partial charge in [0, 0.05) is 28.9 Å². The molecular weight excluding hydrogens is 408 g/mol. The van der Waals surface area contributed by atoms with Crippen LogP contribution in [0.3, 0.4) is 0 Å². The Morgan fingerprint density at radius 2 is 1.77 bits per heavy atom. The zero-order chi connectivity index (χ0) is 21.8. The third kappa shape index (κ3) is 4.85. The first-order valence-corrected chi connectivity index (χ1v) is 11.5. The van der Waals surface area contributed by atoms with Crippen molar-refractivity contribution >= 4 is 28.2 Å². The number of amides is 1. The van der Waals surface area contributed by atoms with E-state index in [9.17, 15) is 9.59 Å². The molecule has 3 aromatic rings. The lowest BCUT2D eigenvalue weighted by molar-refractivity contribution is 0.0214. The summed E-state index contributed by atoms with van der Waals surface area (Å²) in [5.74, 6) is -0.617. The quantitative estimate of drug-likeness (QED) is 0.488. The molecule has 1 N–H and O–H groups in total. The van der Waals surface area contributed by atoms with E-state index in [2.05, 4.69) is 10.3 Å². The van der Waals surface area contributed by atoms with Gasteiger partial charge in [-0.1, -0.05) is 12.5 Å². The van der Waals surface area contributed by atoms with Gasteiger partial charge >= 0.3 is 5.97 Å². The average Bonchev–Trinajstić information content (AvgIpc) is 3.20. The first-order valence-electron chi connectivity index (χ1n) is 10.6. The predicted octanol–water partition coefficient (Wildman–Crippen LogP) is 6.17. The van der Waals surface area contributed by atoms with Crippen LogP contribution >= 0.6 is 11.3 Å². The maximum absolute atomic E-state index is 13.2. The SMILES string of the molecule is Cc1ccc(C(=O)Nc2scc(-c3ccncc3)c2C(=O)OC2CCCCC2)cc1C. The summed E-state index contributed by atoms with van der Waals surface area (Å²) in [6.45, 7) is 3.99. The second kappa shape index (κ2) is 9.43. The highest BCUT2D eigenvalue weighted by molar-refractivity contribution is 7.15. The molecule has 1 aromatic carbocycles. The first kappa shape index (κ1) is 21.2. The van der Waals surface area contributed by atoms with Gasteiger partial charge in [-0.3, -0.25) is 9.78 Å². The fourth-order valence-electron chi connectivity index (χ4n) is 3.85. The van der Waals surface area contributed by atoms with E-state index in [0.29, 0.717) is 16.1 Å². The molecule has 1 amide bonds. The van der Waals surface area contributed by atoms with Crippen molar-refractivity contribution in [1.82, 2.24) is 4.98 Å². The van der Waals surface area contributed by atoms with Crippen LogP contribution < -0.4 is 5.32 Å². The van der Waals surface area contributed by atoms with Crippen molar-refractivity contribution in [3.63, 3.8) is 0 Å². The molecule has 0 bridgehead atoms. The molecule has 0 saturated heterocycles. The number of esters is 1. The van der Waals surface area contributed by atoms with Crippen molar-refractivity contribution in [2.45, 2.75) is 52.1 Å². The van der Waals surface area contributed by atoms with E-state index < -0.39 is 0 Å². The molecule has 1 aliphatic carbocycles. The summed E-state index contributed by atoms with van der Waals surface area (Å²) in [7, 11) is 0. The highest BCUT2D eigenvalue weighted by atomic mass is 32.1. The number of aryl methyl sites for hydroxylation is 2. The summed E-state index contributed by atoms with van der Waals surface area (Å²) in [4.78, 5) is 30.2. The van der Waals surface area contributed by atoms with Gasteiger partial charge in [-0.15, -0.1) is 11.3 Å². The normalized spacial score (nSPS) is 14.3. The molecule has 2 heterocycles. The molecule has 31 heavy (non-hydrogen) atoms. The molecule has 0 aliphatic heterocycles. The minimum Gasteiger partial charge on any atom is -0.459 e. The largest absolute Gasteiger partial charge is 0.459 e. The van der Waals surface area contributed by atoms with E-state index in [1.807, 2.05) is 43.5 Å². The number of hydrogen-bond acceptors (Lipinski definition) is 5. The third-order valence-corrected chi connectivity index (χ3v) is 6.70. The summed E-state index contributed by atoms with van der Waals surface area (Å²) in [6.07, 6.45) is 8.45. The van der Waals surface area contributed by atoms with Crippen LogP contribution in [0.15, 0.2) is 48.1 Å². The number of rotatable bonds is 5. The molecule has 0 radical (unpaired) electrons. The molecule has 0 unspecified atom stereocenters. The lowest BCUT2D eigenvalue weighted by atomic mass is 9.97. The topological polar surface area (TPSA) is 68.3 Å². The number of nitrogens with one attached hydrogen (secondary N) is 1. The zero-order valence-electron chi connectivity index (χ0n) is 17.8. The molecule has 2 aromatic heterocycles. The van der Waals surface area contributed by atoms with Gasteiger partial charge < -0.3 is 10.1 Å². The van der Waals surface area contributed by atoms with Crippen LogP contribution in [0.5, 0.6) is 0 Å². The van der Waals surface area contributed by atoms with Gasteiger partial charge in [-0.2, -0.15) is 0 Å². The van der Waals surface area contributed by atoms with Crippen molar-refractivity contribution in [3.8, 4) is 11.1 Å². The van der Waals surface area contributed by atoms with Gasteiger partial charge in [-0.25, -0.2) is 4.79 Å². The average molecular weight is 435 g/mol. The monoisotopic (exact) mass is 434 g/mol. The predicted molar refractivity (Wildman–Crippen MR) is 124 cm³/mol. The molecule has 0 atom stereocenters. The van der Waals surface area contributed by atoms with Crippen molar-refractivity contribution in [2.75, 3.05) is 5.32 Å². The van der Waals surface area contributed by atoms with E-state index in [4.69, 9.17) is 4.74 Å². The number of nitrogens with zero attached hydrogens (tertiary/aromatic N) is 1. The van der Waals surface area contributed by atoms with Crippen LogP contribution in [0.1, 0.15) is 63.9 Å². The minimum absolute atomic E-state index is 0.0604. The second-order valence-corrected chi connectivity index (χ2v) is 8.89.